The van der Waals surface area contributed by atoms with Gasteiger partial charge in [-0.15, -0.1) is 0 Å². The highest BCUT2D eigenvalue weighted by molar-refractivity contribution is 5.78. The Morgan fingerprint density at radius 3 is 2.66 bits per heavy atom. The molecule has 0 spiro atoms. The number of hydrogen-bond acceptors (Lipinski definition) is 8. The molecule has 5 heterocycles. The predicted molar refractivity (Wildman–Crippen MR) is 154 cm³/mol. The largest absolute Gasteiger partial charge is 0.373 e. The number of anilines is 3. The van der Waals surface area contributed by atoms with Gasteiger partial charge in [0.1, 0.15) is 17.7 Å². The summed E-state index contributed by atoms with van der Waals surface area (Å²) < 4.78 is 2.13. The topological polar surface area (TPSA) is 94.4 Å². The SMILES string of the molecule is CC1CN(c2ccc(Nc3ncc4cc5n(c4n3)CCCCCCNC5O)nc2)CCN1CCC(C)(C)C. The smallest absolute Gasteiger partial charge is 0.230 e. The molecular formula is C29H44N8O. The van der Waals surface area contributed by atoms with Gasteiger partial charge >= 0.3 is 0 Å². The second-order valence-electron chi connectivity index (χ2n) is 12.1. The summed E-state index contributed by atoms with van der Waals surface area (Å²) >= 11 is 0. The van der Waals surface area contributed by atoms with Gasteiger partial charge in [-0.3, -0.25) is 10.2 Å². The van der Waals surface area contributed by atoms with Gasteiger partial charge in [0.2, 0.25) is 5.95 Å². The predicted octanol–water partition coefficient (Wildman–Crippen LogP) is 4.67. The van der Waals surface area contributed by atoms with E-state index < -0.39 is 6.23 Å². The van der Waals surface area contributed by atoms with Crippen molar-refractivity contribution in [1.82, 2.24) is 29.7 Å². The Bertz CT molecular complexity index is 1200. The van der Waals surface area contributed by atoms with Crippen molar-refractivity contribution in [2.24, 2.45) is 5.41 Å². The van der Waals surface area contributed by atoms with Crippen LogP contribution in [0.3, 0.4) is 0 Å². The number of nitrogens with zero attached hydrogens (tertiary/aromatic N) is 6. The van der Waals surface area contributed by atoms with Crippen molar-refractivity contribution >= 4 is 28.5 Å². The highest BCUT2D eigenvalue weighted by atomic mass is 16.3. The molecule has 2 unspecified atom stereocenters. The lowest BCUT2D eigenvalue weighted by Gasteiger charge is -2.41. The van der Waals surface area contributed by atoms with Crippen LogP contribution in [0.25, 0.3) is 11.0 Å². The maximum atomic E-state index is 10.7. The van der Waals surface area contributed by atoms with Crippen LogP contribution >= 0.6 is 0 Å². The third-order valence-corrected chi connectivity index (χ3v) is 7.86. The molecule has 0 aromatic carbocycles. The molecule has 3 N–H and O–H groups in total. The zero-order valence-corrected chi connectivity index (χ0v) is 23.5. The minimum Gasteiger partial charge on any atom is -0.373 e. The average Bonchev–Trinajstić information content (AvgIpc) is 3.25. The molecule has 9 nitrogen and oxygen atoms in total. The van der Waals surface area contributed by atoms with Crippen molar-refractivity contribution in [3.05, 3.63) is 36.3 Å². The molecule has 0 bridgehead atoms. The molecule has 0 saturated carbocycles. The first kappa shape index (κ1) is 26.8. The van der Waals surface area contributed by atoms with E-state index in [4.69, 9.17) is 4.98 Å². The van der Waals surface area contributed by atoms with Crippen molar-refractivity contribution in [2.45, 2.75) is 78.6 Å². The summed E-state index contributed by atoms with van der Waals surface area (Å²) in [6.07, 6.45) is 8.79. The minimum absolute atomic E-state index is 0.370. The van der Waals surface area contributed by atoms with Gasteiger partial charge in [-0.05, 0) is 62.9 Å². The normalized spacial score (nSPS) is 21.9. The van der Waals surface area contributed by atoms with E-state index in [2.05, 4.69) is 68.7 Å². The molecule has 0 aliphatic carbocycles. The minimum atomic E-state index is -0.698. The molecule has 38 heavy (non-hydrogen) atoms. The summed E-state index contributed by atoms with van der Waals surface area (Å²) in [5, 5.41) is 18.1. The van der Waals surface area contributed by atoms with E-state index in [0.717, 1.165) is 80.3 Å². The standard InChI is InChI=1S/C29H44N8O/c1-21-20-36(16-15-35(21)14-11-29(2,3)4)23-9-10-25(31-19-23)33-28-32-18-22-17-24-27(38)30-12-7-5-6-8-13-37(24)26(22)34-28/h9-10,17-19,21,27,30,38H,5-8,11-16,20H2,1-4H3,(H,31,32,33,34). The molecule has 5 rings (SSSR count). The molecule has 2 aliphatic rings. The van der Waals surface area contributed by atoms with Gasteiger partial charge in [-0.2, -0.15) is 4.98 Å². The quantitative estimate of drug-likeness (QED) is 0.447. The van der Waals surface area contributed by atoms with Crippen LogP contribution in [0.2, 0.25) is 0 Å². The zero-order valence-electron chi connectivity index (χ0n) is 23.5. The van der Waals surface area contributed by atoms with Crippen LogP contribution in [0.5, 0.6) is 0 Å². The molecule has 3 aromatic rings. The number of rotatable bonds is 5. The van der Waals surface area contributed by atoms with Gasteiger partial charge in [-0.1, -0.05) is 33.6 Å². The Morgan fingerprint density at radius 2 is 1.89 bits per heavy atom. The summed E-state index contributed by atoms with van der Waals surface area (Å²) in [7, 11) is 0. The first-order chi connectivity index (χ1) is 18.3. The van der Waals surface area contributed by atoms with Gasteiger partial charge in [0.25, 0.3) is 0 Å². The molecule has 1 fully saturated rings. The third-order valence-electron chi connectivity index (χ3n) is 7.86. The van der Waals surface area contributed by atoms with Crippen LogP contribution in [0.15, 0.2) is 30.6 Å². The van der Waals surface area contributed by atoms with Gasteiger partial charge in [0.15, 0.2) is 0 Å². The van der Waals surface area contributed by atoms with Crippen LogP contribution < -0.4 is 15.5 Å². The number of aliphatic hydroxyl groups excluding tert-OH is 1. The molecule has 1 saturated heterocycles. The van der Waals surface area contributed by atoms with E-state index in [9.17, 15) is 5.11 Å². The van der Waals surface area contributed by atoms with Gasteiger partial charge in [-0.25, -0.2) is 9.97 Å². The fourth-order valence-corrected chi connectivity index (χ4v) is 5.48. The molecule has 2 atom stereocenters. The molecule has 3 aromatic heterocycles. The molecule has 2 aliphatic heterocycles. The summed E-state index contributed by atoms with van der Waals surface area (Å²) in [6, 6.07) is 6.65. The van der Waals surface area contributed by atoms with E-state index in [1.807, 2.05) is 24.5 Å². The van der Waals surface area contributed by atoms with Crippen LogP contribution in [0.4, 0.5) is 17.5 Å². The van der Waals surface area contributed by atoms with Crippen molar-refractivity contribution in [2.75, 3.05) is 42.9 Å². The number of aromatic nitrogens is 4. The number of hydrogen-bond donors (Lipinski definition) is 3. The maximum Gasteiger partial charge on any atom is 0.230 e. The lowest BCUT2D eigenvalue weighted by molar-refractivity contribution is 0.129. The highest BCUT2D eigenvalue weighted by Gasteiger charge is 2.25. The summed E-state index contributed by atoms with van der Waals surface area (Å²) in [5.74, 6) is 1.23. The van der Waals surface area contributed by atoms with Gasteiger partial charge in [0.05, 0.1) is 17.6 Å². The van der Waals surface area contributed by atoms with Crippen molar-refractivity contribution in [3.63, 3.8) is 0 Å². The average molecular weight is 521 g/mol. The van der Waals surface area contributed by atoms with E-state index in [1.165, 1.54) is 19.3 Å². The Morgan fingerprint density at radius 1 is 1.05 bits per heavy atom. The van der Waals surface area contributed by atoms with Crippen molar-refractivity contribution < 1.29 is 5.11 Å². The van der Waals surface area contributed by atoms with E-state index in [-0.39, 0.29) is 0 Å². The third kappa shape index (κ3) is 6.45. The zero-order chi connectivity index (χ0) is 26.7. The fraction of sp³-hybridized carbons (Fsp3) is 0.621. The lowest BCUT2D eigenvalue weighted by Crippen LogP contribution is -2.52. The Hall–Kier alpha value is -2.75. The van der Waals surface area contributed by atoms with Gasteiger partial charge < -0.3 is 19.9 Å². The highest BCUT2D eigenvalue weighted by Crippen LogP contribution is 2.26. The number of aryl methyl sites for hydroxylation is 1. The Kier molecular flexibility index (Phi) is 8.16. The summed E-state index contributed by atoms with van der Waals surface area (Å²) in [6.45, 7) is 15.2. The molecule has 206 valence electrons. The van der Waals surface area contributed by atoms with Crippen LogP contribution in [-0.4, -0.2) is 68.3 Å². The molecule has 0 amide bonds. The van der Waals surface area contributed by atoms with Crippen LogP contribution in [0, 0.1) is 5.41 Å². The number of aliphatic hydroxyl groups is 1. The first-order valence-corrected chi connectivity index (χ1v) is 14.3. The second kappa shape index (κ2) is 11.6. The summed E-state index contributed by atoms with van der Waals surface area (Å²) in [5.41, 5.74) is 3.21. The van der Waals surface area contributed by atoms with Gasteiger partial charge in [0, 0.05) is 43.8 Å². The van der Waals surface area contributed by atoms with Crippen LogP contribution in [-0.2, 0) is 6.54 Å². The van der Waals surface area contributed by atoms with E-state index in [0.29, 0.717) is 17.4 Å². The molecular weight excluding hydrogens is 476 g/mol. The van der Waals surface area contributed by atoms with E-state index in [1.54, 1.807) is 0 Å². The molecule has 0 radical (unpaired) electrons. The monoisotopic (exact) mass is 520 g/mol. The number of piperazine rings is 1. The number of fused-ring (bicyclic) bond motifs is 3. The van der Waals surface area contributed by atoms with Crippen molar-refractivity contribution in [1.29, 1.82) is 0 Å². The van der Waals surface area contributed by atoms with Crippen molar-refractivity contribution in [3.8, 4) is 0 Å². The maximum absolute atomic E-state index is 10.7. The summed E-state index contributed by atoms with van der Waals surface area (Å²) in [4.78, 5) is 19.1. The van der Waals surface area contributed by atoms with Crippen LogP contribution in [0.1, 0.15) is 71.7 Å². The Labute approximate surface area is 226 Å². The molecule has 9 heteroatoms. The first-order valence-electron chi connectivity index (χ1n) is 14.3. The second-order valence-corrected chi connectivity index (χ2v) is 12.1. The lowest BCUT2D eigenvalue weighted by atomic mass is 9.92. The fourth-order valence-electron chi connectivity index (χ4n) is 5.48. The number of pyridine rings is 1. The Balaban J connectivity index is 1.25. The van der Waals surface area contributed by atoms with E-state index >= 15 is 0 Å². The number of nitrogens with one attached hydrogen (secondary N) is 2.